The molecule has 0 bridgehead atoms. The number of hydrogen-bond acceptors (Lipinski definition) is 5. The fraction of sp³-hybridized carbons (Fsp3) is 0.952. The lowest BCUT2D eigenvalue weighted by Crippen LogP contribution is -2.54. The molecule has 0 aliphatic carbocycles. The van der Waals surface area contributed by atoms with Crippen LogP contribution in [0, 0.1) is 0 Å². The molecule has 0 saturated carbocycles. The molecule has 0 N–H and O–H groups in total. The van der Waals surface area contributed by atoms with Gasteiger partial charge in [0.15, 0.2) is 0 Å². The summed E-state index contributed by atoms with van der Waals surface area (Å²) >= 11 is 0. The molecule has 1 aliphatic heterocycles. The van der Waals surface area contributed by atoms with Gasteiger partial charge in [0.05, 0.1) is 17.3 Å². The normalized spacial score (nSPS) is 26.2. The van der Waals surface area contributed by atoms with Crippen LogP contribution < -0.4 is 0 Å². The van der Waals surface area contributed by atoms with Crippen molar-refractivity contribution in [1.29, 1.82) is 0 Å². The molecule has 0 spiro atoms. The van der Waals surface area contributed by atoms with Crippen LogP contribution in [0.4, 0.5) is 0 Å². The van der Waals surface area contributed by atoms with Crippen LogP contribution in [-0.2, 0) is 19.0 Å². The summed E-state index contributed by atoms with van der Waals surface area (Å²) in [6.45, 7) is 24.8. The molecule has 3 atom stereocenters. The minimum atomic E-state index is -0.546. The molecule has 0 aromatic heterocycles. The molecule has 5 nitrogen and oxygen atoms in total. The Balaban J connectivity index is 3.30. The Morgan fingerprint density at radius 1 is 0.769 bits per heavy atom. The summed E-state index contributed by atoms with van der Waals surface area (Å²) in [5.41, 5.74) is -1.47. The van der Waals surface area contributed by atoms with Gasteiger partial charge in [0, 0.05) is 12.1 Å². The van der Waals surface area contributed by atoms with Crippen molar-refractivity contribution in [2.75, 3.05) is 6.54 Å². The first-order chi connectivity index (χ1) is 11.3. The predicted molar refractivity (Wildman–Crippen MR) is 105 cm³/mol. The molecule has 5 heteroatoms. The number of likely N-dealkylation sites (tertiary alicyclic amines) is 1. The van der Waals surface area contributed by atoms with Gasteiger partial charge in [0.1, 0.15) is 17.7 Å². The first-order valence-corrected chi connectivity index (χ1v) is 9.65. The Bertz CT molecular complexity index is 488. The SMILES string of the molecule is CC(C)(C)OC(=O)C1C(OC(C)(C)C)C(OC(C)(C)C)CN1C(C)(C)C. The zero-order valence-corrected chi connectivity index (χ0v) is 19.0. The minimum absolute atomic E-state index is 0.203. The molecular weight excluding hydrogens is 330 g/mol. The first-order valence-electron chi connectivity index (χ1n) is 9.65. The van der Waals surface area contributed by atoms with E-state index in [0.717, 1.165) is 0 Å². The lowest BCUT2D eigenvalue weighted by molar-refractivity contribution is -0.179. The van der Waals surface area contributed by atoms with Crippen molar-refractivity contribution < 1.29 is 19.0 Å². The molecule has 0 amide bonds. The number of hydrogen-bond donors (Lipinski definition) is 0. The second kappa shape index (κ2) is 7.40. The van der Waals surface area contributed by atoms with E-state index in [0.29, 0.717) is 6.54 Å². The number of carbonyl (C=O) groups is 1. The van der Waals surface area contributed by atoms with Gasteiger partial charge in [-0.1, -0.05) is 0 Å². The molecule has 1 rings (SSSR count). The second-order valence-corrected chi connectivity index (χ2v) is 11.3. The van der Waals surface area contributed by atoms with Crippen molar-refractivity contribution in [1.82, 2.24) is 4.90 Å². The third-order valence-corrected chi connectivity index (χ3v) is 3.89. The van der Waals surface area contributed by atoms with Gasteiger partial charge in [-0.15, -0.1) is 0 Å². The lowest BCUT2D eigenvalue weighted by Gasteiger charge is -2.38. The first kappa shape index (κ1) is 23.4. The summed E-state index contributed by atoms with van der Waals surface area (Å²) in [5.74, 6) is -0.248. The van der Waals surface area contributed by atoms with E-state index in [1.165, 1.54) is 0 Å². The van der Waals surface area contributed by atoms with Gasteiger partial charge < -0.3 is 14.2 Å². The zero-order chi connectivity index (χ0) is 20.7. The van der Waals surface area contributed by atoms with Crippen LogP contribution in [0.1, 0.15) is 83.1 Å². The molecule has 1 fully saturated rings. The Kier molecular flexibility index (Phi) is 6.66. The van der Waals surface area contributed by atoms with E-state index in [1.807, 2.05) is 62.3 Å². The molecule has 0 aromatic carbocycles. The lowest BCUT2D eigenvalue weighted by atomic mass is 10.0. The average Bonchev–Trinajstić information content (AvgIpc) is 2.60. The molecule has 0 aromatic rings. The van der Waals surface area contributed by atoms with E-state index in [1.54, 1.807) is 0 Å². The van der Waals surface area contributed by atoms with Gasteiger partial charge in [0.2, 0.25) is 0 Å². The number of carbonyl (C=O) groups excluding carboxylic acids is 1. The fourth-order valence-corrected chi connectivity index (χ4v) is 3.21. The summed E-state index contributed by atoms with van der Waals surface area (Å²) in [4.78, 5) is 15.3. The van der Waals surface area contributed by atoms with Crippen molar-refractivity contribution in [3.8, 4) is 0 Å². The third-order valence-electron chi connectivity index (χ3n) is 3.89. The Morgan fingerprint density at radius 3 is 1.58 bits per heavy atom. The Labute approximate surface area is 160 Å². The summed E-state index contributed by atoms with van der Waals surface area (Å²) in [7, 11) is 0. The Hall–Kier alpha value is -0.650. The largest absolute Gasteiger partial charge is 0.459 e. The monoisotopic (exact) mass is 371 g/mol. The maximum absolute atomic E-state index is 13.1. The molecular formula is C21H41NO4. The fourth-order valence-electron chi connectivity index (χ4n) is 3.21. The van der Waals surface area contributed by atoms with Gasteiger partial charge >= 0.3 is 5.97 Å². The number of ether oxygens (including phenoxy) is 3. The maximum atomic E-state index is 13.1. The van der Waals surface area contributed by atoms with E-state index < -0.39 is 17.2 Å². The minimum Gasteiger partial charge on any atom is -0.459 e. The molecule has 1 saturated heterocycles. The van der Waals surface area contributed by atoms with Crippen molar-refractivity contribution in [3.05, 3.63) is 0 Å². The van der Waals surface area contributed by atoms with Crippen molar-refractivity contribution in [3.63, 3.8) is 0 Å². The Morgan fingerprint density at radius 2 is 1.23 bits per heavy atom. The van der Waals surface area contributed by atoms with Crippen molar-refractivity contribution in [2.24, 2.45) is 0 Å². The van der Waals surface area contributed by atoms with Crippen LogP contribution in [0.2, 0.25) is 0 Å². The molecule has 1 aliphatic rings. The van der Waals surface area contributed by atoms with E-state index in [4.69, 9.17) is 14.2 Å². The van der Waals surface area contributed by atoms with Crippen molar-refractivity contribution in [2.45, 2.75) is 124 Å². The third kappa shape index (κ3) is 7.16. The van der Waals surface area contributed by atoms with Crippen LogP contribution in [0.3, 0.4) is 0 Å². The smallest absolute Gasteiger partial charge is 0.326 e. The highest BCUT2D eigenvalue weighted by atomic mass is 16.6. The highest BCUT2D eigenvalue weighted by Crippen LogP contribution is 2.35. The maximum Gasteiger partial charge on any atom is 0.326 e. The number of rotatable bonds is 3. The van der Waals surface area contributed by atoms with Gasteiger partial charge in [0.25, 0.3) is 0 Å². The topological polar surface area (TPSA) is 48.0 Å². The predicted octanol–water partition coefficient (Wildman–Crippen LogP) is 4.18. The molecule has 3 unspecified atom stereocenters. The van der Waals surface area contributed by atoms with E-state index >= 15 is 0 Å². The summed E-state index contributed by atoms with van der Waals surface area (Å²) in [6, 6.07) is -0.499. The zero-order valence-electron chi connectivity index (χ0n) is 19.0. The summed E-state index contributed by atoms with van der Waals surface area (Å²) in [5, 5.41) is 0. The summed E-state index contributed by atoms with van der Waals surface area (Å²) < 4.78 is 18.4. The van der Waals surface area contributed by atoms with Crippen LogP contribution in [0.5, 0.6) is 0 Å². The molecule has 1 heterocycles. The highest BCUT2D eigenvalue weighted by Gasteiger charge is 2.53. The van der Waals surface area contributed by atoms with E-state index in [2.05, 4.69) is 25.7 Å². The van der Waals surface area contributed by atoms with Gasteiger partial charge in [-0.05, 0) is 83.1 Å². The van der Waals surface area contributed by atoms with E-state index in [9.17, 15) is 4.79 Å². The number of nitrogens with zero attached hydrogens (tertiary/aromatic N) is 1. The summed E-state index contributed by atoms with van der Waals surface area (Å²) in [6.07, 6.45) is -0.589. The molecule has 26 heavy (non-hydrogen) atoms. The molecule has 0 radical (unpaired) electrons. The van der Waals surface area contributed by atoms with Crippen LogP contribution >= 0.6 is 0 Å². The van der Waals surface area contributed by atoms with Gasteiger partial charge in [-0.2, -0.15) is 0 Å². The van der Waals surface area contributed by atoms with Gasteiger partial charge in [-0.25, -0.2) is 0 Å². The molecule has 154 valence electrons. The second-order valence-electron chi connectivity index (χ2n) is 11.3. The van der Waals surface area contributed by atoms with Crippen LogP contribution in [0.15, 0.2) is 0 Å². The number of esters is 1. The average molecular weight is 372 g/mol. The van der Waals surface area contributed by atoms with Crippen molar-refractivity contribution >= 4 is 5.97 Å². The van der Waals surface area contributed by atoms with Crippen LogP contribution in [0.25, 0.3) is 0 Å². The quantitative estimate of drug-likeness (QED) is 0.697. The van der Waals surface area contributed by atoms with Gasteiger partial charge in [-0.3, -0.25) is 9.69 Å². The highest BCUT2D eigenvalue weighted by molar-refractivity contribution is 5.78. The van der Waals surface area contributed by atoms with E-state index in [-0.39, 0.29) is 29.3 Å². The standard InChI is InChI=1S/C21H41NO4/c1-18(2,3)22-13-14(24-19(4,5)6)16(25-20(7,8)9)15(22)17(23)26-21(10,11)12/h14-16H,13H2,1-12H3. The van der Waals surface area contributed by atoms with Crippen LogP contribution in [-0.4, -0.2) is 58.0 Å².